The Labute approximate surface area is 244 Å². The molecule has 3 aromatic carbocycles. The van der Waals surface area contributed by atoms with Crippen LogP contribution in [0.2, 0.25) is 0 Å². The predicted octanol–water partition coefficient (Wildman–Crippen LogP) is 7.82. The van der Waals surface area contributed by atoms with Crippen molar-refractivity contribution in [1.29, 1.82) is 0 Å². The number of aromatic hydroxyl groups is 1. The quantitative estimate of drug-likeness (QED) is 0.0917. The van der Waals surface area contributed by atoms with Crippen LogP contribution in [-0.4, -0.2) is 40.1 Å². The summed E-state index contributed by atoms with van der Waals surface area (Å²) in [6.45, 7) is 13.5. The van der Waals surface area contributed by atoms with Crippen molar-refractivity contribution in [1.82, 2.24) is 4.31 Å². The number of nitrogens with one attached hydrogen (secondary N) is 1. The van der Waals surface area contributed by atoms with Gasteiger partial charge >= 0.3 is 143 Å². The Balaban J connectivity index is 0.000000221. The zero-order valence-corrected chi connectivity index (χ0v) is 26.7. The molecule has 0 spiro atoms. The number of nitrogens with zero attached hydrogens (tertiary/aromatic N) is 2. The van der Waals surface area contributed by atoms with Crippen molar-refractivity contribution in [3.8, 4) is 5.75 Å². The van der Waals surface area contributed by atoms with E-state index in [1.165, 1.54) is 34.5 Å². The maximum atomic E-state index is 13.4. The first-order valence-electron chi connectivity index (χ1n) is 12.2. The Hall–Kier alpha value is -1.63. The van der Waals surface area contributed by atoms with E-state index in [1.807, 2.05) is 25.1 Å². The number of anilines is 2. The zero-order valence-electron chi connectivity index (χ0n) is 22.6. The van der Waals surface area contributed by atoms with E-state index in [9.17, 15) is 4.39 Å². The SMILES string of the molecule is CSN1[CH-]N(c2c(C)cc(C)cc2C)CC1.C[OH+]c1ccc(C)cc1NCc1ccc(F)cc1[CH]=[Ru]([Cl])[Cl]. The topological polar surface area (TPSA) is 31.3 Å². The molecule has 0 unspecified atom stereocenters. The Kier molecular flexibility index (Phi) is 11.9. The molecule has 9 heteroatoms. The van der Waals surface area contributed by atoms with E-state index >= 15 is 0 Å². The van der Waals surface area contributed by atoms with Crippen molar-refractivity contribution < 1.29 is 22.6 Å². The van der Waals surface area contributed by atoms with E-state index < -0.39 is 13.5 Å². The van der Waals surface area contributed by atoms with Gasteiger partial charge in [0, 0.05) is 12.2 Å². The second-order valence-electron chi connectivity index (χ2n) is 9.13. The minimum absolute atomic E-state index is 0.293. The standard InChI is InChI=1S/C16H16FNO.C13H19N2S.2ClH.Ru/c1-11-4-7-16(19-3)15(8-11)18-10-13-5-6-14(17)9-12(13)2;1-10-7-11(2)13(12(3)8-10)14-5-6-15(9-14)16-4;;;/h2,4-9,18H,10H2,1,3H3;7-9H,5-6H2,1-4H3;2*1H;/q;-1;;;+2/p-1. The van der Waals surface area contributed by atoms with Crippen molar-refractivity contribution in [3.63, 3.8) is 0 Å². The molecule has 0 aliphatic carbocycles. The van der Waals surface area contributed by atoms with Gasteiger partial charge in [-0.3, -0.25) is 0 Å². The number of hydrogen-bond donors (Lipinski definition) is 1. The molecule has 0 atom stereocenters. The van der Waals surface area contributed by atoms with Crippen molar-refractivity contribution in [2.24, 2.45) is 0 Å². The van der Waals surface area contributed by atoms with Crippen LogP contribution in [-0.2, 0) is 20.1 Å². The van der Waals surface area contributed by atoms with Gasteiger partial charge in [-0.25, -0.2) is 0 Å². The Morgan fingerprint density at radius 1 is 1.03 bits per heavy atom. The summed E-state index contributed by atoms with van der Waals surface area (Å²) in [5.41, 5.74) is 9.26. The average Bonchev–Trinajstić information content (AvgIpc) is 3.32. The third-order valence-electron chi connectivity index (χ3n) is 6.14. The summed E-state index contributed by atoms with van der Waals surface area (Å²) >= 11 is -0.221. The summed E-state index contributed by atoms with van der Waals surface area (Å²) in [5.74, 6) is 0.596. The summed E-state index contributed by atoms with van der Waals surface area (Å²) in [7, 11) is 13.6. The monoisotopic (exact) mass is 665 g/mol. The average molecular weight is 666 g/mol. The van der Waals surface area contributed by atoms with E-state index in [0.717, 1.165) is 41.2 Å². The minimum atomic E-state index is -2.00. The molecule has 4 nitrogen and oxygen atoms in total. The summed E-state index contributed by atoms with van der Waals surface area (Å²) in [4.78, 5) is 2.36. The maximum absolute atomic E-state index is 13.4. The molecule has 0 aromatic heterocycles. The molecule has 3 aromatic rings. The molecule has 208 valence electrons. The number of aryl methyl sites for hydroxylation is 4. The fraction of sp³-hybridized carbons (Fsp3) is 0.310. The van der Waals surface area contributed by atoms with Crippen LogP contribution in [0, 0.1) is 40.2 Å². The summed E-state index contributed by atoms with van der Waals surface area (Å²) in [6.07, 6.45) is 2.12. The van der Waals surface area contributed by atoms with Crippen LogP contribution in [0.15, 0.2) is 48.5 Å². The number of aliphatic hydroxyl groups is 1. The van der Waals surface area contributed by atoms with Gasteiger partial charge in [0.1, 0.15) is 0 Å². The van der Waals surface area contributed by atoms with Gasteiger partial charge in [-0.15, -0.1) is 11.9 Å². The predicted molar refractivity (Wildman–Crippen MR) is 162 cm³/mol. The molecule has 1 aliphatic heterocycles. The van der Waals surface area contributed by atoms with Gasteiger partial charge in [0.15, 0.2) is 0 Å². The molecule has 1 aliphatic rings. The number of rotatable bonds is 7. The number of ether oxygens (including phenoxy) is 1. The molecule has 1 saturated heterocycles. The second-order valence-corrected chi connectivity index (χ2v) is 15.7. The van der Waals surface area contributed by atoms with Crippen LogP contribution in [0.1, 0.15) is 33.4 Å². The fourth-order valence-corrected chi connectivity index (χ4v) is 6.82. The van der Waals surface area contributed by atoms with E-state index in [4.69, 9.17) is 19.4 Å². The van der Waals surface area contributed by atoms with E-state index in [2.05, 4.69) is 65.1 Å². The number of hydrogen-bond acceptors (Lipinski definition) is 4. The molecule has 1 heterocycles. The summed E-state index contributed by atoms with van der Waals surface area (Å²) in [6, 6.07) is 15.2. The normalized spacial score (nSPS) is 13.6. The van der Waals surface area contributed by atoms with Gasteiger partial charge in [-0.05, 0) is 44.7 Å². The first-order chi connectivity index (χ1) is 18.1. The molecular formula is C29H36Cl2FN3ORuS. The van der Waals surface area contributed by atoms with E-state index in [0.29, 0.717) is 6.54 Å². The van der Waals surface area contributed by atoms with Gasteiger partial charge in [0.2, 0.25) is 0 Å². The van der Waals surface area contributed by atoms with Crippen molar-refractivity contribution in [2.75, 3.05) is 36.7 Å². The fourth-order valence-electron chi connectivity index (χ4n) is 4.49. The van der Waals surface area contributed by atoms with Crippen LogP contribution < -0.4 is 10.2 Å². The van der Waals surface area contributed by atoms with Gasteiger partial charge in [-0.1, -0.05) is 17.7 Å². The Morgan fingerprint density at radius 3 is 2.34 bits per heavy atom. The van der Waals surface area contributed by atoms with Crippen molar-refractivity contribution in [3.05, 3.63) is 94.4 Å². The van der Waals surface area contributed by atoms with Crippen LogP contribution in [0.5, 0.6) is 5.75 Å². The van der Waals surface area contributed by atoms with Gasteiger partial charge < -0.3 is 9.21 Å². The van der Waals surface area contributed by atoms with Crippen LogP contribution in [0.3, 0.4) is 0 Å². The number of halogens is 3. The molecule has 4 rings (SSSR count). The molecule has 0 bridgehead atoms. The van der Waals surface area contributed by atoms with Gasteiger partial charge in [-0.2, -0.15) is 6.67 Å². The molecule has 0 saturated carbocycles. The van der Waals surface area contributed by atoms with E-state index in [1.54, 1.807) is 29.7 Å². The Bertz CT molecular complexity index is 1260. The molecule has 0 radical (unpaired) electrons. The van der Waals surface area contributed by atoms with Gasteiger partial charge in [0.05, 0.1) is 0 Å². The number of benzene rings is 3. The molecular weight excluding hydrogens is 629 g/mol. The molecule has 0 amide bonds. The second kappa shape index (κ2) is 14.7. The first-order valence-corrected chi connectivity index (χ1v) is 18.8. The molecule has 38 heavy (non-hydrogen) atoms. The third kappa shape index (κ3) is 8.69. The van der Waals surface area contributed by atoms with Crippen LogP contribution in [0.25, 0.3) is 0 Å². The third-order valence-corrected chi connectivity index (χ3v) is 8.72. The molecule has 2 N–H and O–H groups in total. The van der Waals surface area contributed by atoms with Crippen molar-refractivity contribution >= 4 is 47.3 Å². The molecule has 1 fully saturated rings. The van der Waals surface area contributed by atoms with Crippen LogP contribution in [0.4, 0.5) is 15.8 Å². The first kappa shape index (κ1) is 30.9. The Morgan fingerprint density at radius 2 is 1.74 bits per heavy atom. The van der Waals surface area contributed by atoms with Crippen molar-refractivity contribution in [2.45, 2.75) is 34.2 Å². The summed E-state index contributed by atoms with van der Waals surface area (Å²) < 4.78 is 21.7. The van der Waals surface area contributed by atoms with Gasteiger partial charge in [0.25, 0.3) is 0 Å². The van der Waals surface area contributed by atoms with Crippen LogP contribution >= 0.6 is 31.3 Å². The zero-order chi connectivity index (χ0) is 27.8. The summed E-state index contributed by atoms with van der Waals surface area (Å²) in [5, 5.41) is 3.35. The van der Waals surface area contributed by atoms with E-state index in [-0.39, 0.29) is 5.82 Å².